The van der Waals surface area contributed by atoms with Crippen LogP contribution in [0.5, 0.6) is 11.5 Å². The average molecular weight is 362 g/mol. The lowest BCUT2D eigenvalue weighted by Gasteiger charge is -2.11. The number of methoxy groups -OCH3 is 2. The molecular formula is C22H22N2O3. The van der Waals surface area contributed by atoms with Gasteiger partial charge in [-0.2, -0.15) is 0 Å². The molecule has 0 saturated carbocycles. The molecule has 0 aliphatic carbocycles. The van der Waals surface area contributed by atoms with E-state index in [1.807, 2.05) is 60.7 Å². The molecule has 3 aromatic rings. The number of hydrogen-bond donors (Lipinski definition) is 2. The maximum absolute atomic E-state index is 12.4. The summed E-state index contributed by atoms with van der Waals surface area (Å²) in [5.41, 5.74) is 3.48. The first kappa shape index (κ1) is 18.3. The predicted molar refractivity (Wildman–Crippen MR) is 108 cm³/mol. The molecule has 0 aliphatic heterocycles. The molecule has 1 amide bonds. The zero-order chi connectivity index (χ0) is 19.1. The summed E-state index contributed by atoms with van der Waals surface area (Å²) in [7, 11) is 3.18. The maximum atomic E-state index is 12.4. The Labute approximate surface area is 158 Å². The molecule has 3 aromatic carbocycles. The third-order valence-corrected chi connectivity index (χ3v) is 4.07. The highest BCUT2D eigenvalue weighted by atomic mass is 16.5. The third kappa shape index (κ3) is 5.01. The smallest absolute Gasteiger partial charge is 0.228 e. The molecule has 0 aliphatic rings. The number of benzene rings is 3. The number of nitrogens with one attached hydrogen (secondary N) is 2. The molecule has 0 saturated heterocycles. The molecule has 5 heteroatoms. The van der Waals surface area contributed by atoms with E-state index >= 15 is 0 Å². The van der Waals surface area contributed by atoms with Crippen LogP contribution in [0.25, 0.3) is 0 Å². The van der Waals surface area contributed by atoms with Crippen LogP contribution in [0.3, 0.4) is 0 Å². The van der Waals surface area contributed by atoms with Crippen molar-refractivity contribution >= 4 is 23.0 Å². The van der Waals surface area contributed by atoms with Gasteiger partial charge in [0.15, 0.2) is 0 Å². The number of ether oxygens (including phenoxy) is 2. The summed E-state index contributed by atoms with van der Waals surface area (Å²) in [6.45, 7) is 0. The van der Waals surface area contributed by atoms with Crippen LogP contribution in [0.2, 0.25) is 0 Å². The molecule has 2 N–H and O–H groups in total. The van der Waals surface area contributed by atoms with Gasteiger partial charge in [0.2, 0.25) is 5.91 Å². The van der Waals surface area contributed by atoms with Crippen molar-refractivity contribution in [2.75, 3.05) is 24.9 Å². The number of hydrogen-bond acceptors (Lipinski definition) is 4. The Morgan fingerprint density at radius 3 is 2.15 bits per heavy atom. The highest BCUT2D eigenvalue weighted by molar-refractivity contribution is 5.92. The number of carbonyl (C=O) groups is 1. The van der Waals surface area contributed by atoms with E-state index in [2.05, 4.69) is 10.6 Å². The van der Waals surface area contributed by atoms with Crippen molar-refractivity contribution in [2.45, 2.75) is 6.42 Å². The monoisotopic (exact) mass is 362 g/mol. The van der Waals surface area contributed by atoms with Crippen LogP contribution in [0.4, 0.5) is 17.1 Å². The molecule has 0 heterocycles. The van der Waals surface area contributed by atoms with Crippen LogP contribution in [0, 0.1) is 0 Å². The first-order valence-corrected chi connectivity index (χ1v) is 8.61. The molecule has 27 heavy (non-hydrogen) atoms. The molecule has 0 spiro atoms. The SMILES string of the molecule is COc1ccc(OC)c(CC(=O)Nc2ccc(Nc3ccccc3)cc2)c1. The summed E-state index contributed by atoms with van der Waals surface area (Å²) >= 11 is 0. The van der Waals surface area contributed by atoms with Crippen molar-refractivity contribution in [1.82, 2.24) is 0 Å². The summed E-state index contributed by atoms with van der Waals surface area (Å²) in [6, 6.07) is 22.9. The lowest BCUT2D eigenvalue weighted by atomic mass is 10.1. The molecule has 0 fully saturated rings. The van der Waals surface area contributed by atoms with E-state index in [-0.39, 0.29) is 12.3 Å². The zero-order valence-corrected chi connectivity index (χ0v) is 15.4. The van der Waals surface area contributed by atoms with Gasteiger partial charge in [-0.1, -0.05) is 18.2 Å². The van der Waals surface area contributed by atoms with Crippen LogP contribution < -0.4 is 20.1 Å². The number of carbonyl (C=O) groups excluding carboxylic acids is 1. The predicted octanol–water partition coefficient (Wildman–Crippen LogP) is 4.63. The largest absolute Gasteiger partial charge is 0.497 e. The second kappa shape index (κ2) is 8.76. The Hall–Kier alpha value is -3.47. The molecule has 3 rings (SSSR count). The normalized spacial score (nSPS) is 10.1. The fraction of sp³-hybridized carbons (Fsp3) is 0.136. The first-order chi connectivity index (χ1) is 13.2. The molecule has 0 atom stereocenters. The number of para-hydroxylation sites is 1. The van der Waals surface area contributed by atoms with Gasteiger partial charge in [0.05, 0.1) is 20.6 Å². The van der Waals surface area contributed by atoms with E-state index in [0.29, 0.717) is 11.5 Å². The molecule has 0 radical (unpaired) electrons. The minimum absolute atomic E-state index is 0.120. The minimum atomic E-state index is -0.120. The molecule has 138 valence electrons. The Kier molecular flexibility index (Phi) is 5.94. The summed E-state index contributed by atoms with van der Waals surface area (Å²) in [5, 5.41) is 6.22. The average Bonchev–Trinajstić information content (AvgIpc) is 2.70. The van der Waals surface area contributed by atoms with Gasteiger partial charge in [-0.3, -0.25) is 4.79 Å². The summed E-state index contributed by atoms with van der Waals surface area (Å²) < 4.78 is 10.5. The van der Waals surface area contributed by atoms with Gasteiger partial charge in [0, 0.05) is 22.6 Å². The van der Waals surface area contributed by atoms with E-state index in [0.717, 1.165) is 22.6 Å². The highest BCUT2D eigenvalue weighted by Crippen LogP contribution is 2.25. The van der Waals surface area contributed by atoms with Crippen molar-refractivity contribution < 1.29 is 14.3 Å². The quantitative estimate of drug-likeness (QED) is 0.643. The number of anilines is 3. The van der Waals surface area contributed by atoms with Crippen molar-refractivity contribution in [2.24, 2.45) is 0 Å². The lowest BCUT2D eigenvalue weighted by molar-refractivity contribution is -0.115. The second-order valence-electron chi connectivity index (χ2n) is 5.97. The third-order valence-electron chi connectivity index (χ3n) is 4.07. The molecule has 0 unspecified atom stereocenters. The van der Waals surface area contributed by atoms with Gasteiger partial charge < -0.3 is 20.1 Å². The maximum Gasteiger partial charge on any atom is 0.228 e. The topological polar surface area (TPSA) is 59.6 Å². The Balaban J connectivity index is 1.63. The molecule has 0 aromatic heterocycles. The minimum Gasteiger partial charge on any atom is -0.497 e. The van der Waals surface area contributed by atoms with Gasteiger partial charge in [-0.25, -0.2) is 0 Å². The number of amides is 1. The van der Waals surface area contributed by atoms with Gasteiger partial charge in [0.25, 0.3) is 0 Å². The van der Waals surface area contributed by atoms with Crippen molar-refractivity contribution in [1.29, 1.82) is 0 Å². The Morgan fingerprint density at radius 2 is 1.48 bits per heavy atom. The van der Waals surface area contributed by atoms with Crippen LogP contribution in [0.1, 0.15) is 5.56 Å². The van der Waals surface area contributed by atoms with Gasteiger partial charge in [-0.15, -0.1) is 0 Å². The molecule has 5 nitrogen and oxygen atoms in total. The lowest BCUT2D eigenvalue weighted by Crippen LogP contribution is -2.15. The van der Waals surface area contributed by atoms with Gasteiger partial charge in [-0.05, 0) is 54.6 Å². The van der Waals surface area contributed by atoms with Crippen molar-refractivity contribution in [3.63, 3.8) is 0 Å². The van der Waals surface area contributed by atoms with E-state index < -0.39 is 0 Å². The van der Waals surface area contributed by atoms with E-state index in [4.69, 9.17) is 9.47 Å². The standard InChI is InChI=1S/C22H22N2O3/c1-26-20-12-13-21(27-2)16(14-20)15-22(25)24-19-10-8-18(9-11-19)23-17-6-4-3-5-7-17/h3-14,23H,15H2,1-2H3,(H,24,25). The summed E-state index contributed by atoms with van der Waals surface area (Å²) in [4.78, 5) is 12.4. The van der Waals surface area contributed by atoms with Crippen LogP contribution in [-0.4, -0.2) is 20.1 Å². The fourth-order valence-electron chi connectivity index (χ4n) is 2.72. The van der Waals surface area contributed by atoms with Crippen LogP contribution in [-0.2, 0) is 11.2 Å². The highest BCUT2D eigenvalue weighted by Gasteiger charge is 2.10. The second-order valence-corrected chi connectivity index (χ2v) is 5.97. The fourth-order valence-corrected chi connectivity index (χ4v) is 2.72. The van der Waals surface area contributed by atoms with E-state index in [9.17, 15) is 4.79 Å². The summed E-state index contributed by atoms with van der Waals surface area (Å²) in [6.07, 6.45) is 0.199. The first-order valence-electron chi connectivity index (χ1n) is 8.61. The Morgan fingerprint density at radius 1 is 0.815 bits per heavy atom. The van der Waals surface area contributed by atoms with Crippen molar-refractivity contribution in [3.8, 4) is 11.5 Å². The molecular weight excluding hydrogens is 340 g/mol. The zero-order valence-electron chi connectivity index (χ0n) is 15.4. The van der Waals surface area contributed by atoms with Crippen LogP contribution in [0.15, 0.2) is 72.8 Å². The van der Waals surface area contributed by atoms with Crippen molar-refractivity contribution in [3.05, 3.63) is 78.4 Å². The number of rotatable bonds is 7. The summed E-state index contributed by atoms with van der Waals surface area (Å²) in [5.74, 6) is 1.23. The van der Waals surface area contributed by atoms with E-state index in [1.165, 1.54) is 0 Å². The molecule has 0 bridgehead atoms. The Bertz CT molecular complexity index is 893. The van der Waals surface area contributed by atoms with E-state index in [1.54, 1.807) is 26.4 Å². The van der Waals surface area contributed by atoms with Gasteiger partial charge in [0.1, 0.15) is 11.5 Å². The van der Waals surface area contributed by atoms with Crippen LogP contribution >= 0.6 is 0 Å². The van der Waals surface area contributed by atoms with Gasteiger partial charge >= 0.3 is 0 Å².